The Labute approximate surface area is 124 Å². The number of hydrogen-bond donors (Lipinski definition) is 2. The molecule has 0 bridgehead atoms. The van der Waals surface area contributed by atoms with Crippen LogP contribution in [0.5, 0.6) is 0 Å². The molecule has 2 N–H and O–H groups in total. The number of nitrogens with zero attached hydrogens (tertiary/aromatic N) is 2. The second-order valence-corrected chi connectivity index (χ2v) is 4.83. The second-order valence-electron chi connectivity index (χ2n) is 4.42. The summed E-state index contributed by atoms with van der Waals surface area (Å²) in [5, 5.41) is 16.7. The third-order valence-electron chi connectivity index (χ3n) is 3.11. The van der Waals surface area contributed by atoms with E-state index in [1.54, 1.807) is 24.4 Å². The predicted molar refractivity (Wildman–Crippen MR) is 76.2 cm³/mol. The molecule has 3 rings (SSSR count). The maximum Gasteiger partial charge on any atom is 0.288 e. The summed E-state index contributed by atoms with van der Waals surface area (Å²) in [6, 6.07) is 7.67. The van der Waals surface area contributed by atoms with Gasteiger partial charge < -0.3 is 10.6 Å². The second kappa shape index (κ2) is 5.02. The van der Waals surface area contributed by atoms with Gasteiger partial charge in [-0.15, -0.1) is 0 Å². The van der Waals surface area contributed by atoms with E-state index >= 15 is 0 Å². The molecule has 1 aromatic heterocycles. The minimum atomic E-state index is -0.601. The number of pyridine rings is 1. The summed E-state index contributed by atoms with van der Waals surface area (Å²) >= 11 is 5.78. The van der Waals surface area contributed by atoms with Crippen LogP contribution >= 0.6 is 11.6 Å². The van der Waals surface area contributed by atoms with Gasteiger partial charge in [0.2, 0.25) is 0 Å². The highest BCUT2D eigenvalue weighted by Crippen LogP contribution is 2.30. The molecule has 0 aliphatic carbocycles. The van der Waals surface area contributed by atoms with Gasteiger partial charge in [-0.1, -0.05) is 17.7 Å². The van der Waals surface area contributed by atoms with Gasteiger partial charge in [0.05, 0.1) is 10.5 Å². The van der Waals surface area contributed by atoms with Gasteiger partial charge in [-0.25, -0.2) is 4.98 Å². The molecule has 0 unspecified atom stereocenters. The van der Waals surface area contributed by atoms with Gasteiger partial charge in [0, 0.05) is 17.8 Å². The molecule has 21 heavy (non-hydrogen) atoms. The number of aromatic nitrogens is 1. The van der Waals surface area contributed by atoms with Crippen LogP contribution in [0.3, 0.4) is 0 Å². The molecule has 8 heteroatoms. The van der Waals surface area contributed by atoms with Crippen LogP contribution in [0, 0.1) is 10.1 Å². The third kappa shape index (κ3) is 2.38. The Balaban J connectivity index is 1.98. The van der Waals surface area contributed by atoms with Crippen LogP contribution in [0.25, 0.3) is 0 Å². The van der Waals surface area contributed by atoms with Crippen molar-refractivity contribution in [2.45, 2.75) is 6.17 Å². The molecule has 0 fully saturated rings. The largest absolute Gasteiger partial charge is 0.346 e. The lowest BCUT2D eigenvalue weighted by molar-refractivity contribution is -0.384. The molecule has 1 amide bonds. The minimum Gasteiger partial charge on any atom is -0.346 e. The first-order valence-electron chi connectivity index (χ1n) is 6.02. The van der Waals surface area contributed by atoms with Gasteiger partial charge in [-0.3, -0.25) is 14.9 Å². The van der Waals surface area contributed by atoms with Gasteiger partial charge in [0.25, 0.3) is 11.6 Å². The molecule has 2 heterocycles. The number of carbonyl (C=O) groups is 1. The predicted octanol–water partition coefficient (Wildman–Crippen LogP) is 2.50. The van der Waals surface area contributed by atoms with Crippen molar-refractivity contribution in [3.8, 4) is 0 Å². The molecule has 0 saturated heterocycles. The molecular formula is C13H9ClN4O3. The van der Waals surface area contributed by atoms with Gasteiger partial charge in [-0.2, -0.15) is 0 Å². The molecule has 1 aliphatic heterocycles. The number of benzene rings is 1. The van der Waals surface area contributed by atoms with Crippen molar-refractivity contribution >= 4 is 29.0 Å². The number of nitro groups is 1. The number of carbonyl (C=O) groups excluding carboxylic acids is 1. The fourth-order valence-corrected chi connectivity index (χ4v) is 2.29. The van der Waals surface area contributed by atoms with E-state index in [2.05, 4.69) is 15.6 Å². The SMILES string of the molecule is O=C1N[C@@H](c2ccc(Cl)c([N+](=O)[O-])c2)Nc2ncccc21. The Morgan fingerprint density at radius 1 is 1.29 bits per heavy atom. The number of amides is 1. The molecule has 1 aliphatic rings. The molecule has 106 valence electrons. The molecule has 7 nitrogen and oxygen atoms in total. The fourth-order valence-electron chi connectivity index (χ4n) is 2.10. The average molecular weight is 305 g/mol. The fraction of sp³-hybridized carbons (Fsp3) is 0.0769. The highest BCUT2D eigenvalue weighted by Gasteiger charge is 2.26. The number of nitrogens with one attached hydrogen (secondary N) is 2. The highest BCUT2D eigenvalue weighted by atomic mass is 35.5. The van der Waals surface area contributed by atoms with Crippen molar-refractivity contribution in [2.75, 3.05) is 5.32 Å². The lowest BCUT2D eigenvalue weighted by Gasteiger charge is -2.27. The van der Waals surface area contributed by atoms with E-state index in [0.717, 1.165) is 0 Å². The minimum absolute atomic E-state index is 0.0458. The van der Waals surface area contributed by atoms with Crippen LogP contribution in [0.4, 0.5) is 11.5 Å². The summed E-state index contributed by atoms with van der Waals surface area (Å²) in [6.07, 6.45) is 0.960. The summed E-state index contributed by atoms with van der Waals surface area (Å²) in [5.74, 6) is 0.142. The van der Waals surface area contributed by atoms with Crippen molar-refractivity contribution in [3.63, 3.8) is 0 Å². The van der Waals surface area contributed by atoms with Crippen LogP contribution < -0.4 is 10.6 Å². The van der Waals surface area contributed by atoms with E-state index in [-0.39, 0.29) is 16.6 Å². The van der Waals surface area contributed by atoms with Crippen molar-refractivity contribution in [2.24, 2.45) is 0 Å². The van der Waals surface area contributed by atoms with E-state index in [1.165, 1.54) is 12.1 Å². The zero-order chi connectivity index (χ0) is 15.0. The monoisotopic (exact) mass is 304 g/mol. The van der Waals surface area contributed by atoms with Crippen LogP contribution in [-0.2, 0) is 0 Å². The number of fused-ring (bicyclic) bond motifs is 1. The molecule has 1 aromatic carbocycles. The summed E-state index contributed by atoms with van der Waals surface area (Å²) in [7, 11) is 0. The van der Waals surface area contributed by atoms with Crippen molar-refractivity contribution in [1.82, 2.24) is 10.3 Å². The quantitative estimate of drug-likeness (QED) is 0.656. The van der Waals surface area contributed by atoms with Gasteiger partial charge in [0.15, 0.2) is 0 Å². The first kappa shape index (κ1) is 13.3. The van der Waals surface area contributed by atoms with Crippen LogP contribution in [0.15, 0.2) is 36.5 Å². The number of hydrogen-bond acceptors (Lipinski definition) is 5. The van der Waals surface area contributed by atoms with Crippen molar-refractivity contribution in [1.29, 1.82) is 0 Å². The molecule has 0 radical (unpaired) electrons. The average Bonchev–Trinajstić information content (AvgIpc) is 2.47. The molecule has 2 aromatic rings. The van der Waals surface area contributed by atoms with E-state index in [1.807, 2.05) is 0 Å². The molecule has 1 atom stereocenters. The summed E-state index contributed by atoms with van der Waals surface area (Å²) in [6.45, 7) is 0. The smallest absolute Gasteiger partial charge is 0.288 e. The Bertz CT molecular complexity index is 750. The Morgan fingerprint density at radius 3 is 2.86 bits per heavy atom. The summed E-state index contributed by atoms with van der Waals surface area (Å²) in [5.41, 5.74) is 0.741. The first-order chi connectivity index (χ1) is 10.1. The Hall–Kier alpha value is -2.67. The maximum absolute atomic E-state index is 12.0. The van der Waals surface area contributed by atoms with Gasteiger partial charge >= 0.3 is 0 Å². The van der Waals surface area contributed by atoms with Crippen LogP contribution in [0.2, 0.25) is 5.02 Å². The van der Waals surface area contributed by atoms with E-state index < -0.39 is 11.1 Å². The summed E-state index contributed by atoms with van der Waals surface area (Å²) < 4.78 is 0. The van der Waals surface area contributed by atoms with E-state index in [4.69, 9.17) is 11.6 Å². The standard InChI is InChI=1S/C13H9ClN4O3/c14-9-4-3-7(6-10(9)18(20)21)11-16-12-8(13(19)17-11)2-1-5-15-12/h1-6,11H,(H,15,16)(H,17,19)/t11-/m0/s1. The molecule has 0 saturated carbocycles. The molecular weight excluding hydrogens is 296 g/mol. The number of anilines is 1. The Morgan fingerprint density at radius 2 is 2.10 bits per heavy atom. The molecule has 0 spiro atoms. The van der Waals surface area contributed by atoms with Crippen molar-refractivity contribution < 1.29 is 9.72 Å². The third-order valence-corrected chi connectivity index (χ3v) is 3.43. The maximum atomic E-state index is 12.0. The van der Waals surface area contributed by atoms with E-state index in [9.17, 15) is 14.9 Å². The lowest BCUT2D eigenvalue weighted by atomic mass is 10.1. The number of nitro benzene ring substituents is 1. The Kier molecular flexibility index (Phi) is 3.19. The van der Waals surface area contributed by atoms with Crippen molar-refractivity contribution in [3.05, 3.63) is 62.8 Å². The van der Waals surface area contributed by atoms with Crippen LogP contribution in [0.1, 0.15) is 22.1 Å². The topological polar surface area (TPSA) is 97.2 Å². The van der Waals surface area contributed by atoms with Crippen LogP contribution in [-0.4, -0.2) is 15.8 Å². The zero-order valence-electron chi connectivity index (χ0n) is 10.5. The van der Waals surface area contributed by atoms with Gasteiger partial charge in [-0.05, 0) is 18.2 Å². The van der Waals surface area contributed by atoms with Gasteiger partial charge in [0.1, 0.15) is 17.0 Å². The zero-order valence-corrected chi connectivity index (χ0v) is 11.3. The van der Waals surface area contributed by atoms with E-state index in [0.29, 0.717) is 16.9 Å². The first-order valence-corrected chi connectivity index (χ1v) is 6.40. The normalized spacial score (nSPS) is 16.6. The highest BCUT2D eigenvalue weighted by molar-refractivity contribution is 6.32. The number of rotatable bonds is 2. The lowest BCUT2D eigenvalue weighted by Crippen LogP contribution is -2.38. The summed E-state index contributed by atoms with van der Waals surface area (Å²) in [4.78, 5) is 26.4. The number of halogens is 1.